The van der Waals surface area contributed by atoms with Gasteiger partial charge in [-0.2, -0.15) is 0 Å². The lowest BCUT2D eigenvalue weighted by Crippen LogP contribution is -2.49. The van der Waals surface area contributed by atoms with E-state index in [4.69, 9.17) is 4.74 Å². The number of carbonyl (C=O) groups is 3. The number of anilines is 2. The highest BCUT2D eigenvalue weighted by atomic mass is 16.5. The average molecular weight is 620 g/mol. The monoisotopic (exact) mass is 619 g/mol. The van der Waals surface area contributed by atoms with Crippen molar-refractivity contribution >= 4 is 29.1 Å². The van der Waals surface area contributed by atoms with E-state index in [1.54, 1.807) is 7.05 Å². The number of aromatic amines is 1. The molecule has 7 rings (SSSR count). The molecule has 0 aliphatic carbocycles. The predicted octanol–water partition coefficient (Wildman–Crippen LogP) is 3.57. The number of aromatic nitrogens is 3. The van der Waals surface area contributed by atoms with Crippen LogP contribution in [-0.2, 0) is 22.6 Å². The van der Waals surface area contributed by atoms with E-state index >= 15 is 0 Å². The minimum absolute atomic E-state index is 0.0175. The molecule has 1 aromatic heterocycles. The normalized spacial score (nSPS) is 19.2. The van der Waals surface area contributed by atoms with Gasteiger partial charge in [-0.25, -0.2) is 4.98 Å². The van der Waals surface area contributed by atoms with E-state index in [1.165, 1.54) is 4.90 Å². The van der Waals surface area contributed by atoms with E-state index < -0.39 is 11.9 Å². The van der Waals surface area contributed by atoms with Crippen molar-refractivity contribution in [1.29, 1.82) is 0 Å². The summed E-state index contributed by atoms with van der Waals surface area (Å²) in [6.07, 6.45) is 2.98. The van der Waals surface area contributed by atoms with Crippen LogP contribution in [0.1, 0.15) is 46.8 Å². The van der Waals surface area contributed by atoms with Crippen LogP contribution in [0, 0.1) is 5.41 Å². The van der Waals surface area contributed by atoms with Gasteiger partial charge in [-0.05, 0) is 48.6 Å². The van der Waals surface area contributed by atoms with Crippen molar-refractivity contribution in [3.63, 3.8) is 0 Å². The molecule has 0 unspecified atom stereocenters. The number of fused-ring (bicyclic) bond motifs is 1. The molecule has 2 N–H and O–H groups in total. The van der Waals surface area contributed by atoms with Gasteiger partial charge in [0.05, 0.1) is 11.1 Å². The maximum Gasteiger partial charge on any atom is 0.291 e. The molecule has 0 saturated carbocycles. The van der Waals surface area contributed by atoms with Crippen molar-refractivity contribution in [3.8, 4) is 5.75 Å². The fourth-order valence-electron chi connectivity index (χ4n) is 6.78. The van der Waals surface area contributed by atoms with E-state index in [0.29, 0.717) is 30.2 Å². The zero-order chi connectivity index (χ0) is 31.7. The van der Waals surface area contributed by atoms with Crippen molar-refractivity contribution in [2.75, 3.05) is 43.1 Å². The van der Waals surface area contributed by atoms with E-state index in [9.17, 15) is 14.4 Å². The quantitative estimate of drug-likeness (QED) is 0.324. The topological polar surface area (TPSA) is 124 Å². The van der Waals surface area contributed by atoms with Gasteiger partial charge in [0.15, 0.2) is 0 Å². The molecule has 11 nitrogen and oxygen atoms in total. The molecule has 3 aliphatic heterocycles. The van der Waals surface area contributed by atoms with Gasteiger partial charge in [0.2, 0.25) is 11.7 Å². The van der Waals surface area contributed by atoms with Crippen LogP contribution in [0.2, 0.25) is 0 Å². The lowest BCUT2D eigenvalue weighted by molar-refractivity contribution is -0.137. The highest BCUT2D eigenvalue weighted by molar-refractivity contribution is 6.02. The summed E-state index contributed by atoms with van der Waals surface area (Å²) in [6.45, 7) is 2.94. The first-order valence-electron chi connectivity index (χ1n) is 15.8. The fourth-order valence-corrected chi connectivity index (χ4v) is 6.78. The summed E-state index contributed by atoms with van der Waals surface area (Å²) >= 11 is 0. The lowest BCUT2D eigenvalue weighted by Gasteiger charge is -2.39. The van der Waals surface area contributed by atoms with Gasteiger partial charge in [0.1, 0.15) is 24.2 Å². The highest BCUT2D eigenvalue weighted by Gasteiger charge is 2.48. The van der Waals surface area contributed by atoms with Crippen LogP contribution in [0.5, 0.6) is 5.75 Å². The van der Waals surface area contributed by atoms with Crippen LogP contribution in [0.4, 0.5) is 11.4 Å². The van der Waals surface area contributed by atoms with Gasteiger partial charge in [-0.15, -0.1) is 5.10 Å². The Bertz CT molecular complexity index is 1730. The minimum Gasteiger partial charge on any atom is -0.489 e. The Morgan fingerprint density at radius 2 is 1.65 bits per heavy atom. The third-order valence-electron chi connectivity index (χ3n) is 9.50. The number of hydrogen-bond donors (Lipinski definition) is 2. The number of rotatable bonds is 7. The third-order valence-corrected chi connectivity index (χ3v) is 9.50. The standard InChI is InChI=1S/C35H37N7O4/c1-40-28-21-26(41-17-14-35(15-18-41)16-19-42(34(35)45)22-25-10-6-3-7-11-25)12-13-29(28)46-23-27(33(40)44)36-32(43)31-37-30(38-39-31)20-24-8-4-2-5-9-24/h2-13,21,27H,14-20,22-23H2,1H3,(H,36,43)(H,37,38,39)/t27-/m1/s1. The zero-order valence-corrected chi connectivity index (χ0v) is 25.8. The second kappa shape index (κ2) is 12.3. The first-order chi connectivity index (χ1) is 22.4. The van der Waals surface area contributed by atoms with Crippen LogP contribution < -0.4 is 19.9 Å². The van der Waals surface area contributed by atoms with Gasteiger partial charge in [-0.1, -0.05) is 60.7 Å². The number of carbonyl (C=O) groups excluding carboxylic acids is 3. The summed E-state index contributed by atoms with van der Waals surface area (Å²) in [6, 6.07) is 24.8. The largest absolute Gasteiger partial charge is 0.489 e. The van der Waals surface area contributed by atoms with Crippen LogP contribution in [0.3, 0.4) is 0 Å². The van der Waals surface area contributed by atoms with Crippen molar-refractivity contribution in [2.24, 2.45) is 5.41 Å². The molecular formula is C35H37N7O4. The molecule has 46 heavy (non-hydrogen) atoms. The van der Waals surface area contributed by atoms with Gasteiger partial charge in [0.25, 0.3) is 11.8 Å². The average Bonchev–Trinajstić information content (AvgIpc) is 3.65. The Morgan fingerprint density at radius 1 is 0.957 bits per heavy atom. The highest BCUT2D eigenvalue weighted by Crippen LogP contribution is 2.44. The van der Waals surface area contributed by atoms with Crippen molar-refractivity contribution in [1.82, 2.24) is 25.4 Å². The molecule has 4 heterocycles. The Kier molecular flexibility index (Phi) is 7.90. The minimum atomic E-state index is -0.911. The number of ether oxygens (including phenoxy) is 1. The summed E-state index contributed by atoms with van der Waals surface area (Å²) in [4.78, 5) is 50.2. The number of piperidine rings is 1. The van der Waals surface area contributed by atoms with E-state index in [1.807, 2.05) is 71.6 Å². The summed E-state index contributed by atoms with van der Waals surface area (Å²) in [5.74, 6) is 0.512. The Labute approximate surface area is 267 Å². The second-order valence-corrected chi connectivity index (χ2v) is 12.4. The Balaban J connectivity index is 0.975. The number of benzene rings is 3. The summed E-state index contributed by atoms with van der Waals surface area (Å²) in [5, 5.41) is 9.62. The summed E-state index contributed by atoms with van der Waals surface area (Å²) in [5.41, 5.74) is 3.50. The van der Waals surface area contributed by atoms with Crippen LogP contribution in [0.25, 0.3) is 0 Å². The number of amides is 3. The maximum atomic E-state index is 13.5. The predicted molar refractivity (Wildman–Crippen MR) is 173 cm³/mol. The number of hydrogen-bond acceptors (Lipinski definition) is 7. The zero-order valence-electron chi connectivity index (χ0n) is 25.8. The van der Waals surface area contributed by atoms with Crippen molar-refractivity contribution in [3.05, 3.63) is 102 Å². The van der Waals surface area contributed by atoms with Gasteiger partial charge >= 0.3 is 0 Å². The second-order valence-electron chi connectivity index (χ2n) is 12.4. The maximum absolute atomic E-state index is 13.5. The molecule has 3 amide bonds. The molecule has 3 aliphatic rings. The summed E-state index contributed by atoms with van der Waals surface area (Å²) in [7, 11) is 1.69. The Morgan fingerprint density at radius 3 is 2.39 bits per heavy atom. The van der Waals surface area contributed by atoms with Crippen LogP contribution in [0.15, 0.2) is 78.9 Å². The lowest BCUT2D eigenvalue weighted by atomic mass is 9.77. The molecule has 1 atom stereocenters. The molecule has 4 aromatic rings. The molecule has 0 radical (unpaired) electrons. The number of nitrogens with one attached hydrogen (secondary N) is 2. The van der Waals surface area contributed by atoms with Crippen molar-refractivity contribution in [2.45, 2.75) is 38.3 Å². The van der Waals surface area contributed by atoms with E-state index in [-0.39, 0.29) is 29.7 Å². The SMILES string of the molecule is CN1C(=O)[C@H](NC(=O)c2n[nH]c(Cc3ccccc3)n2)COc2ccc(N3CCC4(CCN(Cc5ccccc5)C4=O)CC3)cc21. The molecule has 2 saturated heterocycles. The molecular weight excluding hydrogens is 582 g/mol. The number of H-pyrrole nitrogens is 1. The first kappa shape index (κ1) is 29.5. The van der Waals surface area contributed by atoms with E-state index in [0.717, 1.165) is 55.7 Å². The number of likely N-dealkylation sites (N-methyl/N-ethyl adjacent to an activating group) is 1. The molecule has 2 fully saturated rings. The molecule has 236 valence electrons. The molecule has 1 spiro atoms. The number of nitrogens with zero attached hydrogens (tertiary/aromatic N) is 5. The molecule has 3 aromatic carbocycles. The van der Waals surface area contributed by atoms with Gasteiger partial charge < -0.3 is 24.8 Å². The van der Waals surface area contributed by atoms with Crippen LogP contribution in [-0.4, -0.2) is 77.1 Å². The third kappa shape index (κ3) is 5.80. The van der Waals surface area contributed by atoms with Gasteiger partial charge in [-0.3, -0.25) is 19.5 Å². The van der Waals surface area contributed by atoms with E-state index in [2.05, 4.69) is 37.5 Å². The number of likely N-dealkylation sites (tertiary alicyclic amines) is 1. The van der Waals surface area contributed by atoms with Crippen LogP contribution >= 0.6 is 0 Å². The molecule has 11 heteroatoms. The van der Waals surface area contributed by atoms with Crippen molar-refractivity contribution < 1.29 is 19.1 Å². The van der Waals surface area contributed by atoms with Gasteiger partial charge in [0, 0.05) is 45.3 Å². The Hall–Kier alpha value is -5.19. The smallest absolute Gasteiger partial charge is 0.291 e. The fraction of sp³-hybridized carbons (Fsp3) is 0.343. The molecule has 0 bridgehead atoms. The first-order valence-corrected chi connectivity index (χ1v) is 15.8. The summed E-state index contributed by atoms with van der Waals surface area (Å²) < 4.78 is 6.02.